The Morgan fingerprint density at radius 1 is 1.03 bits per heavy atom. The van der Waals surface area contributed by atoms with Crippen molar-refractivity contribution < 1.29 is 32.2 Å². The van der Waals surface area contributed by atoms with Crippen molar-refractivity contribution in [3.8, 4) is 5.75 Å². The first-order valence-electron chi connectivity index (χ1n) is 11.5. The molecule has 5 nitrogen and oxygen atoms in total. The van der Waals surface area contributed by atoms with Crippen LogP contribution in [0.1, 0.15) is 23.1 Å². The molecule has 4 rings (SSSR count). The van der Waals surface area contributed by atoms with E-state index in [0.29, 0.717) is 30.0 Å². The Hall–Kier alpha value is -3.43. The van der Waals surface area contributed by atoms with Crippen LogP contribution in [0.4, 0.5) is 17.6 Å². The topological polar surface area (TPSA) is 54.3 Å². The van der Waals surface area contributed by atoms with E-state index in [4.69, 9.17) is 9.57 Å². The summed E-state index contributed by atoms with van der Waals surface area (Å²) in [6, 6.07) is 20.1. The number of ether oxygens (including phenoxy) is 1. The van der Waals surface area contributed by atoms with Gasteiger partial charge in [0, 0.05) is 26.1 Å². The Morgan fingerprint density at radius 3 is 2.50 bits per heavy atom. The van der Waals surface area contributed by atoms with E-state index in [-0.39, 0.29) is 31.6 Å². The summed E-state index contributed by atoms with van der Waals surface area (Å²) in [4.78, 5) is 7.39. The van der Waals surface area contributed by atoms with Crippen molar-refractivity contribution in [2.45, 2.75) is 31.3 Å². The maximum atomic E-state index is 13.2. The van der Waals surface area contributed by atoms with Gasteiger partial charge in [0.25, 0.3) is 0 Å². The number of oxime groups is 1. The van der Waals surface area contributed by atoms with Gasteiger partial charge in [0.15, 0.2) is 0 Å². The zero-order chi connectivity index (χ0) is 25.5. The second kappa shape index (κ2) is 11.5. The third-order valence-corrected chi connectivity index (χ3v) is 5.69. The van der Waals surface area contributed by atoms with Crippen LogP contribution in [0, 0.1) is 5.82 Å². The number of rotatable bonds is 10. The van der Waals surface area contributed by atoms with Crippen LogP contribution in [0.3, 0.4) is 0 Å². The first-order chi connectivity index (χ1) is 17.3. The monoisotopic (exact) mass is 502 g/mol. The van der Waals surface area contributed by atoms with E-state index in [1.54, 1.807) is 30.3 Å². The third kappa shape index (κ3) is 7.29. The van der Waals surface area contributed by atoms with E-state index >= 15 is 0 Å². The molecule has 0 bridgehead atoms. The van der Waals surface area contributed by atoms with Gasteiger partial charge in [0.1, 0.15) is 30.4 Å². The number of alkyl halides is 3. The Kier molecular flexibility index (Phi) is 8.22. The molecule has 1 aliphatic rings. The summed E-state index contributed by atoms with van der Waals surface area (Å²) in [7, 11) is 0. The molecule has 0 saturated heterocycles. The van der Waals surface area contributed by atoms with Gasteiger partial charge in [-0.05, 0) is 41.5 Å². The molecule has 0 amide bonds. The highest BCUT2D eigenvalue weighted by Crippen LogP contribution is 2.30. The molecule has 0 unspecified atom stereocenters. The molecule has 0 aromatic heterocycles. The fourth-order valence-electron chi connectivity index (χ4n) is 3.99. The first-order valence-corrected chi connectivity index (χ1v) is 11.5. The molecule has 0 radical (unpaired) electrons. The van der Waals surface area contributed by atoms with Crippen LogP contribution < -0.4 is 4.74 Å². The highest BCUT2D eigenvalue weighted by Gasteiger charge is 2.31. The van der Waals surface area contributed by atoms with Crippen LogP contribution >= 0.6 is 0 Å². The van der Waals surface area contributed by atoms with E-state index in [1.165, 1.54) is 18.2 Å². The molecule has 190 valence electrons. The summed E-state index contributed by atoms with van der Waals surface area (Å²) in [5.74, 6) is 0.256. The lowest BCUT2D eigenvalue weighted by molar-refractivity contribution is -0.137. The molecule has 0 spiro atoms. The van der Waals surface area contributed by atoms with Gasteiger partial charge in [0.2, 0.25) is 0 Å². The molecule has 9 heteroatoms. The number of aliphatic hydroxyl groups excluding tert-OH is 1. The Morgan fingerprint density at radius 2 is 1.78 bits per heavy atom. The predicted molar refractivity (Wildman–Crippen MR) is 127 cm³/mol. The van der Waals surface area contributed by atoms with Crippen LogP contribution in [-0.4, -0.2) is 47.6 Å². The van der Waals surface area contributed by atoms with Gasteiger partial charge in [-0.1, -0.05) is 53.7 Å². The fraction of sp³-hybridized carbons (Fsp3) is 0.296. The number of halogens is 4. The summed E-state index contributed by atoms with van der Waals surface area (Å²) in [5.41, 5.74) is 1.12. The van der Waals surface area contributed by atoms with E-state index in [9.17, 15) is 22.7 Å². The van der Waals surface area contributed by atoms with Crippen LogP contribution in [0.15, 0.2) is 84.0 Å². The molecule has 0 saturated carbocycles. The lowest BCUT2D eigenvalue weighted by Gasteiger charge is -2.27. The van der Waals surface area contributed by atoms with Crippen molar-refractivity contribution in [3.63, 3.8) is 0 Å². The largest absolute Gasteiger partial charge is 0.491 e. The molecule has 0 fully saturated rings. The van der Waals surface area contributed by atoms with Crippen LogP contribution in [0.5, 0.6) is 5.75 Å². The zero-order valence-corrected chi connectivity index (χ0v) is 19.4. The average molecular weight is 503 g/mol. The molecule has 1 heterocycles. The minimum atomic E-state index is -4.45. The van der Waals surface area contributed by atoms with Gasteiger partial charge in [0.05, 0.1) is 11.3 Å². The first kappa shape index (κ1) is 25.7. The number of para-hydroxylation sites is 1. The lowest BCUT2D eigenvalue weighted by atomic mass is 10.0. The van der Waals surface area contributed by atoms with E-state index in [2.05, 4.69) is 5.16 Å². The highest BCUT2D eigenvalue weighted by molar-refractivity contribution is 6.01. The molecule has 3 aromatic rings. The molecule has 0 aliphatic carbocycles. The molecule has 36 heavy (non-hydrogen) atoms. The SMILES string of the molecule is O[C@H](COc1ccccc1)CN(Cc1cccc(C(F)(F)F)c1)C[C@@H]1CC(c2ccc(F)cc2)=NO1. The minimum Gasteiger partial charge on any atom is -0.491 e. The van der Waals surface area contributed by atoms with Gasteiger partial charge < -0.3 is 14.7 Å². The zero-order valence-electron chi connectivity index (χ0n) is 19.4. The van der Waals surface area contributed by atoms with Crippen molar-refractivity contribution in [2.24, 2.45) is 5.16 Å². The van der Waals surface area contributed by atoms with Crippen molar-refractivity contribution in [2.75, 3.05) is 19.7 Å². The summed E-state index contributed by atoms with van der Waals surface area (Å²) in [5, 5.41) is 14.7. The lowest BCUT2D eigenvalue weighted by Crippen LogP contribution is -2.39. The van der Waals surface area contributed by atoms with Gasteiger partial charge in [-0.15, -0.1) is 0 Å². The number of nitrogens with zero attached hydrogens (tertiary/aromatic N) is 2. The van der Waals surface area contributed by atoms with Crippen LogP contribution in [-0.2, 0) is 17.6 Å². The van der Waals surface area contributed by atoms with Gasteiger partial charge in [-0.2, -0.15) is 13.2 Å². The maximum absolute atomic E-state index is 13.2. The van der Waals surface area contributed by atoms with Crippen molar-refractivity contribution in [1.82, 2.24) is 4.90 Å². The summed E-state index contributed by atoms with van der Waals surface area (Å²) < 4.78 is 58.5. The molecule has 1 N–H and O–H groups in total. The maximum Gasteiger partial charge on any atom is 0.416 e. The molecular formula is C27H26F4N2O3. The van der Waals surface area contributed by atoms with Gasteiger partial charge >= 0.3 is 6.18 Å². The molecular weight excluding hydrogens is 476 g/mol. The van der Waals surface area contributed by atoms with E-state index in [1.807, 2.05) is 23.1 Å². The van der Waals surface area contributed by atoms with Gasteiger partial charge in [-0.3, -0.25) is 4.90 Å². The minimum absolute atomic E-state index is 0.0198. The van der Waals surface area contributed by atoms with E-state index in [0.717, 1.165) is 17.7 Å². The second-order valence-electron chi connectivity index (χ2n) is 8.65. The molecule has 1 aliphatic heterocycles. The Balaban J connectivity index is 1.42. The fourth-order valence-corrected chi connectivity index (χ4v) is 3.99. The molecule has 3 aromatic carbocycles. The number of aliphatic hydroxyl groups is 1. The third-order valence-electron chi connectivity index (χ3n) is 5.69. The Bertz CT molecular complexity index is 1150. The predicted octanol–water partition coefficient (Wildman–Crippen LogP) is 5.28. The molecule has 2 atom stereocenters. The quantitative estimate of drug-likeness (QED) is 0.384. The van der Waals surface area contributed by atoms with Crippen LogP contribution in [0.2, 0.25) is 0 Å². The number of hydrogen-bond donors (Lipinski definition) is 1. The number of hydrogen-bond acceptors (Lipinski definition) is 5. The van der Waals surface area contributed by atoms with Gasteiger partial charge in [-0.25, -0.2) is 4.39 Å². The Labute approximate surface area is 206 Å². The number of benzene rings is 3. The second-order valence-corrected chi connectivity index (χ2v) is 8.65. The normalized spacial score (nSPS) is 16.5. The van der Waals surface area contributed by atoms with Crippen molar-refractivity contribution in [3.05, 3.63) is 101 Å². The highest BCUT2D eigenvalue weighted by atomic mass is 19.4. The summed E-state index contributed by atoms with van der Waals surface area (Å²) >= 11 is 0. The van der Waals surface area contributed by atoms with E-state index < -0.39 is 17.8 Å². The van der Waals surface area contributed by atoms with Crippen molar-refractivity contribution >= 4 is 5.71 Å². The summed E-state index contributed by atoms with van der Waals surface area (Å²) in [6.07, 6.45) is -5.27. The average Bonchev–Trinajstić information content (AvgIpc) is 3.32. The smallest absolute Gasteiger partial charge is 0.416 e. The van der Waals surface area contributed by atoms with Crippen molar-refractivity contribution in [1.29, 1.82) is 0 Å². The standard InChI is InChI=1S/C27H26F4N2O3/c28-22-11-9-20(10-12-22)26-14-25(36-32-26)17-33(15-19-5-4-6-21(13-19)27(29,30)31)16-23(34)18-35-24-7-2-1-3-8-24/h1-13,23,25,34H,14-18H2/t23-,25-/m0/s1. The van der Waals surface area contributed by atoms with Crippen LogP contribution in [0.25, 0.3) is 0 Å². The summed E-state index contributed by atoms with van der Waals surface area (Å²) in [6.45, 7) is 0.645.